The van der Waals surface area contributed by atoms with Gasteiger partial charge in [0.15, 0.2) is 0 Å². The van der Waals surface area contributed by atoms with Crippen LogP contribution in [0.2, 0.25) is 0 Å². The molecule has 1 N–H and O–H groups in total. The number of benzene rings is 1. The summed E-state index contributed by atoms with van der Waals surface area (Å²) in [7, 11) is 0. The smallest absolute Gasteiger partial charge is 0.428 e. The van der Waals surface area contributed by atoms with Gasteiger partial charge in [-0.3, -0.25) is 0 Å². The van der Waals surface area contributed by atoms with Crippen LogP contribution in [0.15, 0.2) is 24.3 Å². The standard InChI is InChI=1S/C11H8F4N2O2/c1-7(18)16-6-17-8-2-4-9(5-3-8)19-11(14,15)10(12)13/h2-5,10H,1H3/p+1. The lowest BCUT2D eigenvalue weighted by Crippen LogP contribution is -2.33. The van der Waals surface area contributed by atoms with Gasteiger partial charge in [-0.05, 0) is 12.1 Å². The van der Waals surface area contributed by atoms with Crippen molar-refractivity contribution in [3.8, 4) is 11.9 Å². The first-order chi connectivity index (χ1) is 8.81. The fraction of sp³-hybridized carbons (Fsp3) is 0.273. The van der Waals surface area contributed by atoms with Gasteiger partial charge >= 0.3 is 24.6 Å². The lowest BCUT2D eigenvalue weighted by molar-refractivity contribution is -0.253. The third-order valence-electron chi connectivity index (χ3n) is 1.76. The van der Waals surface area contributed by atoms with Crippen molar-refractivity contribution in [2.75, 3.05) is 0 Å². The molecule has 0 fully saturated rings. The highest BCUT2D eigenvalue weighted by atomic mass is 19.3. The van der Waals surface area contributed by atoms with Crippen LogP contribution in [0, 0.1) is 6.19 Å². The van der Waals surface area contributed by atoms with Gasteiger partial charge in [0, 0.05) is 19.1 Å². The summed E-state index contributed by atoms with van der Waals surface area (Å²) in [6, 6.07) is 4.58. The van der Waals surface area contributed by atoms with E-state index < -0.39 is 18.3 Å². The molecule has 0 aliphatic rings. The monoisotopic (exact) mass is 277 g/mol. The molecule has 0 saturated carbocycles. The fourth-order valence-electron chi connectivity index (χ4n) is 0.962. The molecular formula is C11H9F4N2O2+. The Morgan fingerprint density at radius 1 is 1.37 bits per heavy atom. The van der Waals surface area contributed by atoms with Gasteiger partial charge in [-0.25, -0.2) is 4.79 Å². The van der Waals surface area contributed by atoms with E-state index in [1.54, 1.807) is 0 Å². The first-order valence-electron chi connectivity index (χ1n) is 4.98. The van der Waals surface area contributed by atoms with Gasteiger partial charge in [0.05, 0.1) is 0 Å². The highest BCUT2D eigenvalue weighted by Gasteiger charge is 2.43. The van der Waals surface area contributed by atoms with Crippen molar-refractivity contribution >= 4 is 11.6 Å². The minimum Gasteiger partial charge on any atom is -0.428 e. The summed E-state index contributed by atoms with van der Waals surface area (Å²) in [6.45, 7) is 1.26. The van der Waals surface area contributed by atoms with E-state index in [1.165, 1.54) is 19.1 Å². The molecule has 0 aliphatic carbocycles. The van der Waals surface area contributed by atoms with E-state index in [9.17, 15) is 22.4 Å². The summed E-state index contributed by atoms with van der Waals surface area (Å²) in [4.78, 5) is 14.1. The Morgan fingerprint density at radius 3 is 2.42 bits per heavy atom. The first-order valence-corrected chi connectivity index (χ1v) is 4.98. The predicted octanol–water partition coefficient (Wildman–Crippen LogP) is 2.98. The summed E-state index contributed by atoms with van der Waals surface area (Å²) in [5, 5.41) is 2.16. The van der Waals surface area contributed by atoms with E-state index in [0.29, 0.717) is 0 Å². The van der Waals surface area contributed by atoms with Crippen molar-refractivity contribution in [3.05, 3.63) is 29.1 Å². The normalized spacial score (nSPS) is 10.6. The molecule has 0 radical (unpaired) electrons. The predicted molar refractivity (Wildman–Crippen MR) is 58.7 cm³/mol. The second-order valence-electron chi connectivity index (χ2n) is 3.36. The van der Waals surface area contributed by atoms with Crippen LogP contribution in [0.4, 0.5) is 23.2 Å². The zero-order chi connectivity index (χ0) is 14.5. The molecule has 0 unspecified atom stereocenters. The largest absolute Gasteiger partial charge is 0.461 e. The molecule has 4 nitrogen and oxygen atoms in total. The third-order valence-corrected chi connectivity index (χ3v) is 1.76. The number of hydrogen-bond donors (Lipinski definition) is 1. The molecule has 0 atom stereocenters. The van der Waals surface area contributed by atoms with Crippen LogP contribution in [0.25, 0.3) is 4.85 Å². The number of hydrogen-bond acceptors (Lipinski definition) is 2. The molecule has 0 saturated heterocycles. The summed E-state index contributed by atoms with van der Waals surface area (Å²) < 4.78 is 52.7. The molecule has 0 heterocycles. The number of carbonyl (C=O) groups excluding carboxylic acids is 1. The van der Waals surface area contributed by atoms with Gasteiger partial charge in [0.2, 0.25) is 5.69 Å². The van der Waals surface area contributed by atoms with Crippen molar-refractivity contribution in [1.82, 2.24) is 5.32 Å². The quantitative estimate of drug-likeness (QED) is 0.524. The van der Waals surface area contributed by atoms with E-state index in [-0.39, 0.29) is 11.6 Å². The van der Waals surface area contributed by atoms with Gasteiger partial charge in [-0.1, -0.05) is 0 Å². The molecule has 0 bridgehead atoms. The summed E-state index contributed by atoms with van der Waals surface area (Å²) in [5.41, 5.74) is 0.279. The SMILES string of the molecule is CC(=O)NC#[N+]c1ccc(OC(F)(F)C(F)F)cc1. The molecule has 1 aromatic carbocycles. The molecule has 1 aromatic rings. The maximum Gasteiger partial charge on any atom is 0.461 e. The maximum atomic E-state index is 12.6. The molecule has 19 heavy (non-hydrogen) atoms. The number of nitrogens with zero attached hydrogens (tertiary/aromatic N) is 1. The Hall–Kier alpha value is -2.30. The molecule has 0 aromatic heterocycles. The highest BCUT2D eigenvalue weighted by molar-refractivity contribution is 5.74. The summed E-state index contributed by atoms with van der Waals surface area (Å²) in [5.74, 6) is -0.802. The minimum atomic E-state index is -4.55. The van der Waals surface area contributed by atoms with Crippen LogP contribution in [-0.4, -0.2) is 18.4 Å². The van der Waals surface area contributed by atoms with Crippen LogP contribution >= 0.6 is 0 Å². The molecule has 102 valence electrons. The van der Waals surface area contributed by atoms with Crippen LogP contribution < -0.4 is 10.1 Å². The van der Waals surface area contributed by atoms with Gasteiger partial charge in [-0.2, -0.15) is 27.7 Å². The average Bonchev–Trinajstić information content (AvgIpc) is 2.30. The van der Waals surface area contributed by atoms with Crippen LogP contribution in [0.3, 0.4) is 0 Å². The molecular weight excluding hydrogens is 268 g/mol. The Labute approximate surface area is 105 Å². The Morgan fingerprint density at radius 2 is 1.95 bits per heavy atom. The Kier molecular flexibility index (Phi) is 4.69. The van der Waals surface area contributed by atoms with E-state index in [4.69, 9.17) is 0 Å². The van der Waals surface area contributed by atoms with E-state index in [1.807, 2.05) is 0 Å². The second kappa shape index (κ2) is 6.04. The highest BCUT2D eigenvalue weighted by Crippen LogP contribution is 2.28. The lowest BCUT2D eigenvalue weighted by atomic mass is 10.3. The van der Waals surface area contributed by atoms with Crippen LogP contribution in [0.1, 0.15) is 6.92 Å². The average molecular weight is 277 g/mol. The number of halogens is 4. The topological polar surface area (TPSA) is 42.7 Å². The second-order valence-corrected chi connectivity index (χ2v) is 3.36. The van der Waals surface area contributed by atoms with E-state index >= 15 is 0 Å². The number of ether oxygens (including phenoxy) is 1. The molecule has 1 rings (SSSR count). The molecule has 0 aliphatic heterocycles. The van der Waals surface area contributed by atoms with Crippen molar-refractivity contribution in [3.63, 3.8) is 0 Å². The van der Waals surface area contributed by atoms with Gasteiger partial charge in [0.1, 0.15) is 5.75 Å². The molecule has 1 amide bonds. The molecule has 0 spiro atoms. The minimum absolute atomic E-state index is 0.279. The maximum absolute atomic E-state index is 12.6. The number of rotatable bonds is 3. The van der Waals surface area contributed by atoms with Crippen LogP contribution in [0.5, 0.6) is 5.75 Å². The van der Waals surface area contributed by atoms with Gasteiger partial charge in [0.25, 0.3) is 0 Å². The number of nitrogens with one attached hydrogen (secondary N) is 1. The zero-order valence-electron chi connectivity index (χ0n) is 9.66. The zero-order valence-corrected chi connectivity index (χ0v) is 9.66. The number of carbonyl (C=O) groups is 1. The van der Waals surface area contributed by atoms with Crippen molar-refractivity contribution < 1.29 is 27.1 Å². The molecule has 8 heteroatoms. The third kappa shape index (κ3) is 4.83. The Bertz CT molecular complexity index is 506. The van der Waals surface area contributed by atoms with Crippen molar-refractivity contribution in [2.45, 2.75) is 19.5 Å². The number of amides is 1. The van der Waals surface area contributed by atoms with E-state index in [0.717, 1.165) is 12.1 Å². The first kappa shape index (κ1) is 14.8. The van der Waals surface area contributed by atoms with E-state index in [2.05, 4.69) is 21.1 Å². The van der Waals surface area contributed by atoms with Gasteiger partial charge < -0.3 is 4.74 Å². The van der Waals surface area contributed by atoms with Crippen LogP contribution in [-0.2, 0) is 4.79 Å². The van der Waals surface area contributed by atoms with Gasteiger partial charge in [-0.15, -0.1) is 0 Å². The van der Waals surface area contributed by atoms with Crippen molar-refractivity contribution in [2.24, 2.45) is 0 Å². The summed E-state index contributed by atoms with van der Waals surface area (Å²) in [6.07, 6.45) is -6.26. The number of alkyl halides is 4. The fourth-order valence-corrected chi connectivity index (χ4v) is 0.962. The Balaban J connectivity index is 2.71. The van der Waals surface area contributed by atoms with Crippen molar-refractivity contribution in [1.29, 1.82) is 0 Å². The lowest BCUT2D eigenvalue weighted by Gasteiger charge is -2.16. The summed E-state index contributed by atoms with van der Waals surface area (Å²) >= 11 is 0.